The summed E-state index contributed by atoms with van der Waals surface area (Å²) in [5, 5.41) is 9.86. The highest BCUT2D eigenvalue weighted by molar-refractivity contribution is 6.68. The SMILES string of the molecule is O=C(OCC(Cl)(Cl)Cl)O[C@H]1[C@H]2O[C@@H]2[C@H](CO)[C@H](OC(=O)OCC(Cl)(Cl)Cl)[C@H]1OC(=O)OCC(Cl)(Cl)Cl. The topological polar surface area (TPSA) is 139 Å². The van der Waals surface area contributed by atoms with Gasteiger partial charge in [0.15, 0.2) is 18.3 Å². The number of ether oxygens (including phenoxy) is 7. The summed E-state index contributed by atoms with van der Waals surface area (Å²) in [5.41, 5.74) is 0. The highest BCUT2D eigenvalue weighted by Gasteiger charge is 2.65. The van der Waals surface area contributed by atoms with Crippen LogP contribution in [0.3, 0.4) is 0 Å². The van der Waals surface area contributed by atoms with Crippen LogP contribution in [0.4, 0.5) is 14.4 Å². The standard InChI is InChI=1S/C16H15Cl9O11/c17-14(18,19)2-30-11(27)34-7-5(1-26)6-8(33-6)10(36-13(29)32-4-16(23,24)25)9(7)35-12(28)31-3-15(20,21)22/h5-10,26H,1-4H2/t5-,6+,7-,8-,9+,10-/m0/s1. The van der Waals surface area contributed by atoms with E-state index in [0.29, 0.717) is 0 Å². The second-order valence-electron chi connectivity index (χ2n) is 7.12. The molecule has 1 heterocycles. The van der Waals surface area contributed by atoms with Crippen LogP contribution >= 0.6 is 104 Å². The molecule has 208 valence electrons. The van der Waals surface area contributed by atoms with Crippen molar-refractivity contribution in [2.75, 3.05) is 26.4 Å². The van der Waals surface area contributed by atoms with Crippen molar-refractivity contribution in [1.29, 1.82) is 0 Å². The highest BCUT2D eigenvalue weighted by atomic mass is 35.6. The Morgan fingerprint density at radius 3 is 1.33 bits per heavy atom. The quantitative estimate of drug-likeness (QED) is 0.165. The van der Waals surface area contributed by atoms with Crippen LogP contribution in [-0.2, 0) is 33.2 Å². The highest BCUT2D eigenvalue weighted by Crippen LogP contribution is 2.45. The molecule has 11 nitrogen and oxygen atoms in total. The van der Waals surface area contributed by atoms with Gasteiger partial charge in [-0.05, 0) is 0 Å². The molecule has 0 aromatic heterocycles. The number of carbonyl (C=O) groups is 3. The second kappa shape index (κ2) is 13.1. The van der Waals surface area contributed by atoms with Gasteiger partial charge < -0.3 is 38.3 Å². The zero-order chi connectivity index (χ0) is 27.5. The van der Waals surface area contributed by atoms with E-state index in [1.165, 1.54) is 0 Å². The van der Waals surface area contributed by atoms with Gasteiger partial charge in [-0.3, -0.25) is 0 Å². The number of epoxide rings is 1. The Morgan fingerprint density at radius 2 is 0.972 bits per heavy atom. The first-order valence-electron chi connectivity index (χ1n) is 9.37. The molecule has 2 aliphatic rings. The van der Waals surface area contributed by atoms with Gasteiger partial charge in [-0.15, -0.1) is 0 Å². The Bertz CT molecular complexity index is 798. The molecule has 0 amide bonds. The van der Waals surface area contributed by atoms with Crippen molar-refractivity contribution in [3.63, 3.8) is 0 Å². The number of hydrogen-bond donors (Lipinski definition) is 1. The average molecular weight is 702 g/mol. The molecule has 1 saturated carbocycles. The molecule has 20 heteroatoms. The van der Waals surface area contributed by atoms with Crippen LogP contribution in [0.1, 0.15) is 0 Å². The first-order valence-corrected chi connectivity index (χ1v) is 12.8. The van der Waals surface area contributed by atoms with E-state index in [-0.39, 0.29) is 0 Å². The largest absolute Gasteiger partial charge is 0.508 e. The molecular weight excluding hydrogens is 687 g/mol. The number of aliphatic hydroxyl groups is 1. The summed E-state index contributed by atoms with van der Waals surface area (Å²) in [5.74, 6) is -0.988. The maximum Gasteiger partial charge on any atom is 0.508 e. The first kappa shape index (κ1) is 32.6. The molecule has 0 aromatic rings. The molecule has 2 fully saturated rings. The maximum absolute atomic E-state index is 12.3. The van der Waals surface area contributed by atoms with Crippen molar-refractivity contribution in [2.24, 2.45) is 5.92 Å². The van der Waals surface area contributed by atoms with E-state index in [0.717, 1.165) is 0 Å². The molecule has 1 aliphatic carbocycles. The average Bonchev–Trinajstić information content (AvgIpc) is 3.50. The molecule has 1 aliphatic heterocycles. The fraction of sp³-hybridized carbons (Fsp3) is 0.812. The van der Waals surface area contributed by atoms with Crippen molar-refractivity contribution < 1.29 is 52.6 Å². The third-order valence-corrected chi connectivity index (χ3v) is 5.33. The summed E-state index contributed by atoms with van der Waals surface area (Å²) < 4.78 is 29.2. The van der Waals surface area contributed by atoms with E-state index in [1.807, 2.05) is 0 Å². The summed E-state index contributed by atoms with van der Waals surface area (Å²) in [4.78, 5) is 36.7. The number of halogens is 9. The number of alkyl halides is 9. The predicted octanol–water partition coefficient (Wildman–Crippen LogP) is 5.05. The predicted molar refractivity (Wildman–Crippen MR) is 129 cm³/mol. The van der Waals surface area contributed by atoms with Gasteiger partial charge in [0, 0.05) is 0 Å². The van der Waals surface area contributed by atoms with Crippen LogP contribution in [-0.4, -0.2) is 91.9 Å². The minimum Gasteiger partial charge on any atom is -0.430 e. The maximum atomic E-state index is 12.3. The van der Waals surface area contributed by atoms with E-state index < -0.39 is 92.7 Å². The van der Waals surface area contributed by atoms with E-state index in [1.54, 1.807) is 0 Å². The third-order valence-electron chi connectivity index (χ3n) is 4.35. The zero-order valence-corrected chi connectivity index (χ0v) is 24.0. The molecular formula is C16H15Cl9O11. The lowest BCUT2D eigenvalue weighted by atomic mass is 9.82. The molecule has 6 atom stereocenters. The molecule has 2 rings (SSSR count). The van der Waals surface area contributed by atoms with Gasteiger partial charge in [-0.25, -0.2) is 14.4 Å². The monoisotopic (exact) mass is 698 g/mol. The van der Waals surface area contributed by atoms with Gasteiger partial charge in [0.1, 0.15) is 25.9 Å². The lowest BCUT2D eigenvalue weighted by Gasteiger charge is -2.37. The van der Waals surface area contributed by atoms with Crippen molar-refractivity contribution in [2.45, 2.75) is 41.9 Å². The van der Waals surface area contributed by atoms with E-state index in [2.05, 4.69) is 0 Å². The Labute approximate surface area is 248 Å². The fourth-order valence-electron chi connectivity index (χ4n) is 3.04. The number of carbonyl (C=O) groups excluding carboxylic acids is 3. The Kier molecular flexibility index (Phi) is 11.9. The summed E-state index contributed by atoms with van der Waals surface area (Å²) in [6, 6.07) is 0. The summed E-state index contributed by atoms with van der Waals surface area (Å²) in [6.07, 6.45) is -10.6. The third kappa shape index (κ3) is 11.2. The number of aliphatic hydroxyl groups excluding tert-OH is 1. The van der Waals surface area contributed by atoms with Crippen LogP contribution in [0, 0.1) is 5.92 Å². The van der Waals surface area contributed by atoms with Gasteiger partial charge in [-0.1, -0.05) is 104 Å². The van der Waals surface area contributed by atoms with E-state index >= 15 is 0 Å². The molecule has 36 heavy (non-hydrogen) atoms. The summed E-state index contributed by atoms with van der Waals surface area (Å²) in [6.45, 7) is -2.77. The van der Waals surface area contributed by atoms with Crippen LogP contribution in [0.15, 0.2) is 0 Å². The summed E-state index contributed by atoms with van der Waals surface area (Å²) >= 11 is 49.8. The number of fused-ring (bicyclic) bond motifs is 1. The van der Waals surface area contributed by atoms with Crippen molar-refractivity contribution in [3.05, 3.63) is 0 Å². The Hall–Kier alpha value is 0.340. The van der Waals surface area contributed by atoms with Gasteiger partial charge in [0.2, 0.25) is 11.4 Å². The van der Waals surface area contributed by atoms with Gasteiger partial charge >= 0.3 is 18.5 Å². The molecule has 1 saturated heterocycles. The van der Waals surface area contributed by atoms with Crippen LogP contribution in [0.5, 0.6) is 0 Å². The normalized spacial score (nSPS) is 27.8. The molecule has 0 radical (unpaired) electrons. The van der Waals surface area contributed by atoms with Gasteiger partial charge in [0.05, 0.1) is 18.6 Å². The Balaban J connectivity index is 2.23. The van der Waals surface area contributed by atoms with Crippen molar-refractivity contribution in [1.82, 2.24) is 0 Å². The van der Waals surface area contributed by atoms with Crippen LogP contribution in [0.25, 0.3) is 0 Å². The number of hydrogen-bond acceptors (Lipinski definition) is 11. The lowest BCUT2D eigenvalue weighted by Crippen LogP contribution is -2.57. The van der Waals surface area contributed by atoms with E-state index in [9.17, 15) is 19.5 Å². The molecule has 1 N–H and O–H groups in total. The minimum absolute atomic E-state index is 0.628. The smallest absolute Gasteiger partial charge is 0.430 e. The van der Waals surface area contributed by atoms with Gasteiger partial charge in [0.25, 0.3) is 0 Å². The summed E-state index contributed by atoms with van der Waals surface area (Å²) in [7, 11) is 0. The Morgan fingerprint density at radius 1 is 0.611 bits per heavy atom. The molecule has 0 bridgehead atoms. The van der Waals surface area contributed by atoms with Crippen LogP contribution in [0.2, 0.25) is 0 Å². The second-order valence-corrected chi connectivity index (χ2v) is 14.7. The fourth-order valence-corrected chi connectivity index (χ4v) is 3.53. The van der Waals surface area contributed by atoms with Crippen molar-refractivity contribution in [3.8, 4) is 0 Å². The van der Waals surface area contributed by atoms with E-state index in [4.69, 9.17) is 138 Å². The van der Waals surface area contributed by atoms with Crippen LogP contribution < -0.4 is 0 Å². The lowest BCUT2D eigenvalue weighted by molar-refractivity contribution is -0.139. The van der Waals surface area contributed by atoms with Crippen molar-refractivity contribution >= 4 is 123 Å². The minimum atomic E-state index is -1.99. The van der Waals surface area contributed by atoms with Gasteiger partial charge in [-0.2, -0.15) is 0 Å². The molecule has 0 unspecified atom stereocenters. The molecule has 0 spiro atoms. The molecule has 0 aromatic carbocycles. The first-order chi connectivity index (χ1) is 16.4. The zero-order valence-electron chi connectivity index (χ0n) is 17.2. The number of rotatable bonds is 7.